The third kappa shape index (κ3) is 1.51. The summed E-state index contributed by atoms with van der Waals surface area (Å²) < 4.78 is 2.18. The molecule has 0 aliphatic rings. The van der Waals surface area contributed by atoms with Gasteiger partial charge in [0.1, 0.15) is 0 Å². The molecule has 0 N–H and O–H groups in total. The van der Waals surface area contributed by atoms with Crippen molar-refractivity contribution in [3.8, 4) is 0 Å². The monoisotopic (exact) mass is 185 g/mol. The fourth-order valence-corrected chi connectivity index (χ4v) is 1.93. The van der Waals surface area contributed by atoms with Crippen molar-refractivity contribution in [2.45, 2.75) is 33.1 Å². The van der Waals surface area contributed by atoms with Crippen LogP contribution in [0, 0.1) is 6.92 Å². The van der Waals surface area contributed by atoms with Crippen LogP contribution >= 0.6 is 11.6 Å². The van der Waals surface area contributed by atoms with Crippen molar-refractivity contribution in [3.63, 3.8) is 0 Å². The lowest BCUT2D eigenvalue weighted by Gasteiger charge is -2.11. The van der Waals surface area contributed by atoms with Gasteiger partial charge >= 0.3 is 0 Å². The van der Waals surface area contributed by atoms with E-state index in [0.29, 0.717) is 5.92 Å². The van der Waals surface area contributed by atoms with Crippen molar-refractivity contribution in [2.75, 3.05) is 0 Å². The molecule has 0 aliphatic carbocycles. The second-order valence-electron chi connectivity index (χ2n) is 3.39. The smallest absolute Gasteiger partial charge is 0.0620 e. The fourth-order valence-electron chi connectivity index (χ4n) is 1.46. The first-order valence-electron chi connectivity index (χ1n) is 4.39. The second kappa shape index (κ2) is 3.53. The molecule has 2 heteroatoms. The molecule has 0 spiro atoms. The maximum atomic E-state index is 6.10. The maximum Gasteiger partial charge on any atom is 0.0620 e. The Kier molecular flexibility index (Phi) is 2.84. The van der Waals surface area contributed by atoms with Gasteiger partial charge in [-0.25, -0.2) is 0 Å². The summed E-state index contributed by atoms with van der Waals surface area (Å²) in [5, 5.41) is 0.907. The lowest BCUT2D eigenvalue weighted by atomic mass is 10.1. The average Bonchev–Trinajstić information content (AvgIpc) is 2.26. The predicted molar refractivity (Wildman–Crippen MR) is 53.9 cm³/mol. The Morgan fingerprint density at radius 2 is 2.17 bits per heavy atom. The average molecular weight is 186 g/mol. The van der Waals surface area contributed by atoms with Gasteiger partial charge in [0, 0.05) is 18.4 Å². The van der Waals surface area contributed by atoms with Gasteiger partial charge in [-0.1, -0.05) is 25.4 Å². The number of hydrogen-bond acceptors (Lipinski definition) is 0. The summed E-state index contributed by atoms with van der Waals surface area (Å²) in [6, 6.07) is 2.03. The third-order valence-electron chi connectivity index (χ3n) is 2.55. The first kappa shape index (κ1) is 9.66. The molecule has 0 radical (unpaired) electrons. The van der Waals surface area contributed by atoms with Crippen LogP contribution in [-0.2, 0) is 7.05 Å². The summed E-state index contributed by atoms with van der Waals surface area (Å²) >= 11 is 6.10. The fraction of sp³-hybridized carbons (Fsp3) is 0.600. The Bertz CT molecular complexity index is 276. The van der Waals surface area contributed by atoms with E-state index in [1.165, 1.54) is 11.4 Å². The minimum absolute atomic E-state index is 0.552. The molecule has 1 aromatic rings. The molecular formula is C10H16ClN. The molecule has 1 atom stereocenters. The van der Waals surface area contributed by atoms with Crippen LogP contribution in [0.4, 0.5) is 0 Å². The van der Waals surface area contributed by atoms with Crippen LogP contribution < -0.4 is 0 Å². The SMILES string of the molecule is CCC(C)c1c(Cl)cc(C)n1C. The van der Waals surface area contributed by atoms with Gasteiger partial charge in [0.05, 0.1) is 5.02 Å². The van der Waals surface area contributed by atoms with Crippen LogP contribution in [-0.4, -0.2) is 4.57 Å². The molecule has 0 aromatic carbocycles. The highest BCUT2D eigenvalue weighted by molar-refractivity contribution is 6.31. The molecule has 0 saturated heterocycles. The predicted octanol–water partition coefficient (Wildman–Crippen LogP) is 3.50. The van der Waals surface area contributed by atoms with E-state index >= 15 is 0 Å². The van der Waals surface area contributed by atoms with Gasteiger partial charge in [-0.2, -0.15) is 0 Å². The van der Waals surface area contributed by atoms with Crippen molar-refractivity contribution in [2.24, 2.45) is 7.05 Å². The normalized spacial score (nSPS) is 13.4. The molecule has 0 saturated carbocycles. The third-order valence-corrected chi connectivity index (χ3v) is 2.85. The Morgan fingerprint density at radius 1 is 1.58 bits per heavy atom. The van der Waals surface area contributed by atoms with E-state index < -0.39 is 0 Å². The van der Waals surface area contributed by atoms with Crippen molar-refractivity contribution in [3.05, 3.63) is 22.5 Å². The van der Waals surface area contributed by atoms with Crippen LogP contribution in [0.25, 0.3) is 0 Å². The van der Waals surface area contributed by atoms with Crippen molar-refractivity contribution >= 4 is 11.6 Å². The Labute approximate surface area is 79.3 Å². The molecule has 0 fully saturated rings. The van der Waals surface area contributed by atoms with Crippen LogP contribution in [0.15, 0.2) is 6.07 Å². The number of rotatable bonds is 2. The molecule has 1 nitrogen and oxygen atoms in total. The highest BCUT2D eigenvalue weighted by atomic mass is 35.5. The lowest BCUT2D eigenvalue weighted by molar-refractivity contribution is 0.659. The minimum Gasteiger partial charge on any atom is -0.350 e. The zero-order chi connectivity index (χ0) is 9.30. The molecular weight excluding hydrogens is 170 g/mol. The van der Waals surface area contributed by atoms with E-state index in [0.717, 1.165) is 11.4 Å². The van der Waals surface area contributed by atoms with Gasteiger partial charge in [0.25, 0.3) is 0 Å². The lowest BCUT2D eigenvalue weighted by Crippen LogP contribution is -2.02. The number of aryl methyl sites for hydroxylation is 1. The van der Waals surface area contributed by atoms with E-state index in [4.69, 9.17) is 11.6 Å². The summed E-state index contributed by atoms with van der Waals surface area (Å²) in [6.45, 7) is 6.47. The molecule has 68 valence electrons. The molecule has 1 heterocycles. The second-order valence-corrected chi connectivity index (χ2v) is 3.79. The number of aromatic nitrogens is 1. The first-order chi connectivity index (χ1) is 5.57. The van der Waals surface area contributed by atoms with Crippen LogP contribution in [0.2, 0.25) is 5.02 Å². The number of nitrogens with zero attached hydrogens (tertiary/aromatic N) is 1. The van der Waals surface area contributed by atoms with Crippen LogP contribution in [0.1, 0.15) is 37.6 Å². The Balaban J connectivity index is 3.13. The Hall–Kier alpha value is -0.430. The molecule has 0 aliphatic heterocycles. The summed E-state index contributed by atoms with van der Waals surface area (Å²) in [5.41, 5.74) is 2.49. The molecule has 12 heavy (non-hydrogen) atoms. The highest BCUT2D eigenvalue weighted by Crippen LogP contribution is 2.28. The first-order valence-corrected chi connectivity index (χ1v) is 4.77. The standard InChI is InChI=1S/C10H16ClN/c1-5-7(2)10-9(11)6-8(3)12(10)4/h6-7H,5H2,1-4H3. The largest absolute Gasteiger partial charge is 0.350 e. The van der Waals surface area contributed by atoms with E-state index in [2.05, 4.69) is 32.4 Å². The number of hydrogen-bond donors (Lipinski definition) is 0. The maximum absolute atomic E-state index is 6.10. The van der Waals surface area contributed by atoms with E-state index in [9.17, 15) is 0 Å². The van der Waals surface area contributed by atoms with Gasteiger partial charge < -0.3 is 4.57 Å². The minimum atomic E-state index is 0.552. The zero-order valence-corrected chi connectivity index (χ0v) is 8.94. The summed E-state index contributed by atoms with van der Waals surface area (Å²) in [4.78, 5) is 0. The molecule has 0 amide bonds. The molecule has 1 unspecified atom stereocenters. The van der Waals surface area contributed by atoms with E-state index in [1.807, 2.05) is 6.07 Å². The van der Waals surface area contributed by atoms with E-state index in [-0.39, 0.29) is 0 Å². The quantitative estimate of drug-likeness (QED) is 0.665. The van der Waals surface area contributed by atoms with Gasteiger partial charge in [-0.3, -0.25) is 0 Å². The molecule has 1 rings (SSSR count). The van der Waals surface area contributed by atoms with Crippen molar-refractivity contribution < 1.29 is 0 Å². The van der Waals surface area contributed by atoms with Gasteiger partial charge in [-0.15, -0.1) is 0 Å². The topological polar surface area (TPSA) is 4.93 Å². The Morgan fingerprint density at radius 3 is 2.50 bits per heavy atom. The van der Waals surface area contributed by atoms with Crippen LogP contribution in [0.5, 0.6) is 0 Å². The summed E-state index contributed by atoms with van der Waals surface area (Å²) in [5.74, 6) is 0.552. The van der Waals surface area contributed by atoms with Gasteiger partial charge in [0.2, 0.25) is 0 Å². The van der Waals surface area contributed by atoms with Crippen LogP contribution in [0.3, 0.4) is 0 Å². The molecule has 1 aromatic heterocycles. The van der Waals surface area contributed by atoms with Crippen molar-refractivity contribution in [1.82, 2.24) is 4.57 Å². The zero-order valence-electron chi connectivity index (χ0n) is 8.19. The van der Waals surface area contributed by atoms with E-state index in [1.54, 1.807) is 0 Å². The molecule has 0 bridgehead atoms. The summed E-state index contributed by atoms with van der Waals surface area (Å²) in [7, 11) is 2.07. The van der Waals surface area contributed by atoms with Crippen molar-refractivity contribution in [1.29, 1.82) is 0 Å². The van der Waals surface area contributed by atoms with Gasteiger partial charge in [0.15, 0.2) is 0 Å². The summed E-state index contributed by atoms with van der Waals surface area (Å²) in [6.07, 6.45) is 1.14. The van der Waals surface area contributed by atoms with Gasteiger partial charge in [-0.05, 0) is 25.3 Å². The number of halogens is 1. The highest BCUT2D eigenvalue weighted by Gasteiger charge is 2.13.